The summed E-state index contributed by atoms with van der Waals surface area (Å²) in [6.07, 6.45) is 2.78. The van der Waals surface area contributed by atoms with Crippen LogP contribution in [0.25, 0.3) is 0 Å². The number of nitrogens with zero attached hydrogens (tertiary/aromatic N) is 3. The van der Waals surface area contributed by atoms with E-state index >= 15 is 0 Å². The Hall–Kier alpha value is -1.10. The SMILES string of the molecule is O=c1ncc(Cl)cn1Cc1ccc(Cl)nc1Cl. The lowest BCUT2D eigenvalue weighted by Gasteiger charge is -2.06. The normalized spacial score (nSPS) is 10.5. The fraction of sp³-hybridized carbons (Fsp3) is 0.100. The first-order valence-electron chi connectivity index (χ1n) is 4.59. The van der Waals surface area contributed by atoms with Crippen molar-refractivity contribution in [1.82, 2.24) is 14.5 Å². The Bertz CT molecular complexity index is 612. The maximum Gasteiger partial charge on any atom is 0.347 e. The Morgan fingerprint density at radius 1 is 1.24 bits per heavy atom. The van der Waals surface area contributed by atoms with E-state index in [-0.39, 0.29) is 11.7 Å². The fourth-order valence-electron chi connectivity index (χ4n) is 1.28. The lowest BCUT2D eigenvalue weighted by molar-refractivity contribution is 0.725. The molecule has 0 N–H and O–H groups in total. The Morgan fingerprint density at radius 3 is 2.71 bits per heavy atom. The molecule has 2 aromatic rings. The summed E-state index contributed by atoms with van der Waals surface area (Å²) in [6, 6.07) is 3.30. The summed E-state index contributed by atoms with van der Waals surface area (Å²) in [5, 5.41) is 0.933. The van der Waals surface area contributed by atoms with E-state index in [0.717, 1.165) is 0 Å². The van der Waals surface area contributed by atoms with E-state index in [0.29, 0.717) is 15.7 Å². The van der Waals surface area contributed by atoms with Crippen LogP contribution in [-0.4, -0.2) is 14.5 Å². The van der Waals surface area contributed by atoms with Gasteiger partial charge >= 0.3 is 5.69 Å². The van der Waals surface area contributed by atoms with Gasteiger partial charge in [-0.25, -0.2) is 14.8 Å². The van der Waals surface area contributed by atoms with Crippen molar-refractivity contribution in [1.29, 1.82) is 0 Å². The molecule has 0 bridgehead atoms. The second-order valence-corrected chi connectivity index (χ2v) is 4.45. The van der Waals surface area contributed by atoms with Gasteiger partial charge in [0.05, 0.1) is 17.8 Å². The highest BCUT2D eigenvalue weighted by Gasteiger charge is 2.05. The summed E-state index contributed by atoms with van der Waals surface area (Å²) in [4.78, 5) is 18.9. The first kappa shape index (κ1) is 12.4. The zero-order valence-corrected chi connectivity index (χ0v) is 10.7. The summed E-state index contributed by atoms with van der Waals surface area (Å²) in [6.45, 7) is 0.245. The van der Waals surface area contributed by atoms with Gasteiger partial charge in [0.25, 0.3) is 0 Å². The highest BCUT2D eigenvalue weighted by Crippen LogP contribution is 2.17. The molecule has 0 unspecified atom stereocenters. The van der Waals surface area contributed by atoms with Crippen LogP contribution in [0.5, 0.6) is 0 Å². The van der Waals surface area contributed by atoms with Crippen LogP contribution >= 0.6 is 34.8 Å². The molecule has 0 fully saturated rings. The van der Waals surface area contributed by atoms with Crippen LogP contribution in [0.2, 0.25) is 15.3 Å². The molecule has 4 nitrogen and oxygen atoms in total. The van der Waals surface area contributed by atoms with E-state index in [2.05, 4.69) is 9.97 Å². The predicted molar refractivity (Wildman–Crippen MR) is 66.9 cm³/mol. The molecule has 0 amide bonds. The van der Waals surface area contributed by atoms with Crippen molar-refractivity contribution in [3.05, 3.63) is 55.9 Å². The molecule has 2 aromatic heterocycles. The van der Waals surface area contributed by atoms with E-state index in [1.807, 2.05) is 0 Å². The Labute approximate surface area is 112 Å². The zero-order valence-electron chi connectivity index (χ0n) is 8.40. The number of pyridine rings is 1. The summed E-state index contributed by atoms with van der Waals surface area (Å²) in [5.74, 6) is 0. The molecule has 88 valence electrons. The van der Waals surface area contributed by atoms with Crippen molar-refractivity contribution in [3.63, 3.8) is 0 Å². The van der Waals surface area contributed by atoms with Gasteiger partial charge in [-0.15, -0.1) is 0 Å². The van der Waals surface area contributed by atoms with Crippen molar-refractivity contribution in [2.24, 2.45) is 0 Å². The quantitative estimate of drug-likeness (QED) is 0.799. The third-order valence-electron chi connectivity index (χ3n) is 2.06. The highest BCUT2D eigenvalue weighted by atomic mass is 35.5. The molecule has 0 spiro atoms. The standard InChI is InChI=1S/C10H6Cl3N3O/c11-7-3-14-10(17)16(5-7)4-6-1-2-8(12)15-9(6)13/h1-3,5H,4H2. The summed E-state index contributed by atoms with van der Waals surface area (Å²) < 4.78 is 1.35. The second-order valence-electron chi connectivity index (χ2n) is 3.27. The number of aromatic nitrogens is 3. The maximum absolute atomic E-state index is 11.5. The minimum atomic E-state index is -0.402. The number of halogens is 3. The molecule has 0 saturated heterocycles. The van der Waals surface area contributed by atoms with Crippen LogP contribution < -0.4 is 5.69 Å². The molecular weight excluding hydrogens is 284 g/mol. The molecule has 17 heavy (non-hydrogen) atoms. The lowest BCUT2D eigenvalue weighted by atomic mass is 10.3. The van der Waals surface area contributed by atoms with Crippen molar-refractivity contribution in [2.45, 2.75) is 6.54 Å². The minimum Gasteiger partial charge on any atom is -0.293 e. The van der Waals surface area contributed by atoms with Crippen LogP contribution in [0.4, 0.5) is 0 Å². The third kappa shape index (κ3) is 2.97. The number of hydrogen-bond acceptors (Lipinski definition) is 3. The Morgan fingerprint density at radius 2 is 2.00 bits per heavy atom. The van der Waals surface area contributed by atoms with E-state index in [1.165, 1.54) is 17.0 Å². The second kappa shape index (κ2) is 5.04. The molecule has 0 aromatic carbocycles. The van der Waals surface area contributed by atoms with Gasteiger partial charge in [0.2, 0.25) is 0 Å². The molecule has 7 heteroatoms. The topological polar surface area (TPSA) is 47.8 Å². The van der Waals surface area contributed by atoms with Gasteiger partial charge in [0.1, 0.15) is 10.3 Å². The van der Waals surface area contributed by atoms with Crippen molar-refractivity contribution >= 4 is 34.8 Å². The molecular formula is C10H6Cl3N3O. The van der Waals surface area contributed by atoms with Crippen LogP contribution in [0.15, 0.2) is 29.3 Å². The average Bonchev–Trinajstić information content (AvgIpc) is 2.27. The van der Waals surface area contributed by atoms with E-state index in [1.54, 1.807) is 12.1 Å². The third-order valence-corrected chi connectivity index (χ3v) is 2.79. The average molecular weight is 291 g/mol. The zero-order chi connectivity index (χ0) is 12.4. The molecule has 2 rings (SSSR count). The summed E-state index contributed by atoms with van der Waals surface area (Å²) in [5.41, 5.74) is 0.266. The number of hydrogen-bond donors (Lipinski definition) is 0. The first-order valence-corrected chi connectivity index (χ1v) is 5.72. The van der Waals surface area contributed by atoms with E-state index in [4.69, 9.17) is 34.8 Å². The van der Waals surface area contributed by atoms with Crippen LogP contribution in [-0.2, 0) is 6.54 Å². The summed E-state index contributed by atoms with van der Waals surface area (Å²) >= 11 is 17.3. The van der Waals surface area contributed by atoms with Gasteiger partial charge < -0.3 is 0 Å². The van der Waals surface area contributed by atoms with E-state index in [9.17, 15) is 4.79 Å². The van der Waals surface area contributed by atoms with Gasteiger partial charge in [-0.1, -0.05) is 40.9 Å². The van der Waals surface area contributed by atoms with Crippen molar-refractivity contribution < 1.29 is 0 Å². The van der Waals surface area contributed by atoms with Crippen molar-refractivity contribution in [3.8, 4) is 0 Å². The molecule has 0 aliphatic carbocycles. The van der Waals surface area contributed by atoms with E-state index < -0.39 is 5.69 Å². The summed E-state index contributed by atoms with van der Waals surface area (Å²) in [7, 11) is 0. The Kier molecular flexibility index (Phi) is 3.66. The maximum atomic E-state index is 11.5. The van der Waals surface area contributed by atoms with Crippen LogP contribution in [0.1, 0.15) is 5.56 Å². The van der Waals surface area contributed by atoms with Gasteiger partial charge in [-0.2, -0.15) is 0 Å². The lowest BCUT2D eigenvalue weighted by Crippen LogP contribution is -2.22. The van der Waals surface area contributed by atoms with Crippen LogP contribution in [0, 0.1) is 0 Å². The van der Waals surface area contributed by atoms with Gasteiger partial charge in [0, 0.05) is 11.8 Å². The monoisotopic (exact) mass is 289 g/mol. The molecule has 0 radical (unpaired) electrons. The largest absolute Gasteiger partial charge is 0.347 e. The molecule has 0 saturated carbocycles. The fourth-order valence-corrected chi connectivity index (χ4v) is 1.86. The molecule has 0 aliphatic rings. The van der Waals surface area contributed by atoms with Crippen LogP contribution in [0.3, 0.4) is 0 Å². The first-order chi connectivity index (χ1) is 8.06. The Balaban J connectivity index is 2.38. The van der Waals surface area contributed by atoms with Gasteiger partial charge in [-0.3, -0.25) is 4.57 Å². The molecule has 0 atom stereocenters. The molecule has 2 heterocycles. The smallest absolute Gasteiger partial charge is 0.293 e. The van der Waals surface area contributed by atoms with Gasteiger partial charge in [-0.05, 0) is 6.07 Å². The van der Waals surface area contributed by atoms with Gasteiger partial charge in [0.15, 0.2) is 0 Å². The number of rotatable bonds is 2. The van der Waals surface area contributed by atoms with Crippen molar-refractivity contribution in [2.75, 3.05) is 0 Å². The highest BCUT2D eigenvalue weighted by molar-refractivity contribution is 6.32. The minimum absolute atomic E-state index is 0.245. The molecule has 0 aliphatic heterocycles. The predicted octanol–water partition coefficient (Wildman–Crippen LogP) is 2.65.